The van der Waals surface area contributed by atoms with E-state index in [1.54, 1.807) is 4.90 Å². The van der Waals surface area contributed by atoms with Gasteiger partial charge in [-0.3, -0.25) is 4.79 Å². The summed E-state index contributed by atoms with van der Waals surface area (Å²) in [4.78, 5) is 29.2. The molecular formula is C22H26BrN3O2. The maximum atomic E-state index is 13.0. The highest BCUT2D eigenvalue weighted by Gasteiger charge is 2.29. The molecule has 5 nitrogen and oxygen atoms in total. The molecule has 3 rings (SSSR count). The summed E-state index contributed by atoms with van der Waals surface area (Å²) in [6.07, 6.45) is 1.64. The van der Waals surface area contributed by atoms with Crippen LogP contribution in [0.15, 0.2) is 53.0 Å². The molecule has 2 aromatic carbocycles. The minimum absolute atomic E-state index is 0.0140. The van der Waals surface area contributed by atoms with Crippen LogP contribution in [0.25, 0.3) is 0 Å². The molecule has 1 aliphatic heterocycles. The van der Waals surface area contributed by atoms with E-state index in [2.05, 4.69) is 40.3 Å². The quantitative estimate of drug-likeness (QED) is 0.718. The summed E-state index contributed by atoms with van der Waals surface area (Å²) in [5, 5.41) is 2.89. The van der Waals surface area contributed by atoms with Crippen molar-refractivity contribution in [2.45, 2.75) is 32.7 Å². The van der Waals surface area contributed by atoms with Gasteiger partial charge >= 0.3 is 6.03 Å². The van der Waals surface area contributed by atoms with Gasteiger partial charge in [-0.15, -0.1) is 0 Å². The smallest absolute Gasteiger partial charge is 0.322 e. The molecule has 1 atom stereocenters. The molecule has 0 aliphatic carbocycles. The first-order chi connectivity index (χ1) is 13.5. The van der Waals surface area contributed by atoms with Crippen molar-refractivity contribution in [3.8, 4) is 0 Å². The van der Waals surface area contributed by atoms with Crippen LogP contribution in [0.1, 0.15) is 37.4 Å². The minimum Gasteiger partial charge on any atom is -0.334 e. The van der Waals surface area contributed by atoms with E-state index in [9.17, 15) is 9.59 Å². The van der Waals surface area contributed by atoms with Crippen LogP contribution < -0.4 is 5.32 Å². The van der Waals surface area contributed by atoms with Gasteiger partial charge in [0.2, 0.25) is 5.91 Å². The highest BCUT2D eigenvalue weighted by atomic mass is 79.9. The first-order valence-electron chi connectivity index (χ1n) is 9.68. The standard InChI is InChI=1S/C22H26BrN3O2/c1-3-12-25(22(28)24-19-9-6-8-18(23)14-19)15-21(27)26-13-11-17-7-4-5-10-20(17)16(26)2/h4-10,14,16H,3,11-13,15H2,1-2H3,(H,24,28). The number of carbonyl (C=O) groups excluding carboxylic acids is 2. The molecule has 0 bridgehead atoms. The van der Waals surface area contributed by atoms with Gasteiger partial charge < -0.3 is 15.1 Å². The summed E-state index contributed by atoms with van der Waals surface area (Å²) < 4.78 is 0.893. The van der Waals surface area contributed by atoms with Crippen LogP contribution in [0.3, 0.4) is 0 Å². The second-order valence-corrected chi connectivity index (χ2v) is 7.99. The SMILES string of the molecule is CCCN(CC(=O)N1CCc2ccccc2C1C)C(=O)Nc1cccc(Br)c1. The van der Waals surface area contributed by atoms with Crippen molar-refractivity contribution in [2.24, 2.45) is 0 Å². The maximum absolute atomic E-state index is 13.0. The second kappa shape index (κ2) is 9.24. The number of nitrogens with one attached hydrogen (secondary N) is 1. The lowest BCUT2D eigenvalue weighted by molar-refractivity contribution is -0.134. The lowest BCUT2D eigenvalue weighted by Gasteiger charge is -2.36. The Morgan fingerprint density at radius 2 is 2.00 bits per heavy atom. The number of fused-ring (bicyclic) bond motifs is 1. The normalized spacial score (nSPS) is 15.7. The molecule has 0 saturated heterocycles. The van der Waals surface area contributed by atoms with Crippen molar-refractivity contribution in [3.63, 3.8) is 0 Å². The molecular weight excluding hydrogens is 418 g/mol. The van der Waals surface area contributed by atoms with Gasteiger partial charge in [0.1, 0.15) is 6.54 Å². The molecule has 1 N–H and O–H groups in total. The molecule has 0 spiro atoms. The van der Waals surface area contributed by atoms with Crippen LogP contribution in [-0.4, -0.2) is 41.4 Å². The van der Waals surface area contributed by atoms with Gasteiger partial charge in [-0.2, -0.15) is 0 Å². The van der Waals surface area contributed by atoms with E-state index in [4.69, 9.17) is 0 Å². The molecule has 1 unspecified atom stereocenters. The van der Waals surface area contributed by atoms with E-state index in [1.165, 1.54) is 11.1 Å². The predicted molar refractivity (Wildman–Crippen MR) is 115 cm³/mol. The number of rotatable bonds is 5. The molecule has 28 heavy (non-hydrogen) atoms. The lowest BCUT2D eigenvalue weighted by Crippen LogP contribution is -2.47. The average Bonchev–Trinajstić information content (AvgIpc) is 2.68. The molecule has 3 amide bonds. The van der Waals surface area contributed by atoms with Crippen molar-refractivity contribution < 1.29 is 9.59 Å². The van der Waals surface area contributed by atoms with Gasteiger partial charge in [-0.1, -0.05) is 53.2 Å². The number of anilines is 1. The number of carbonyl (C=O) groups is 2. The van der Waals surface area contributed by atoms with Crippen molar-refractivity contribution in [3.05, 3.63) is 64.1 Å². The summed E-state index contributed by atoms with van der Waals surface area (Å²) in [6.45, 7) is 5.36. The Bertz CT molecular complexity index is 855. The summed E-state index contributed by atoms with van der Waals surface area (Å²) in [6, 6.07) is 15.5. The number of hydrogen-bond donors (Lipinski definition) is 1. The minimum atomic E-state index is -0.252. The third-order valence-electron chi connectivity index (χ3n) is 5.10. The average molecular weight is 444 g/mol. The number of benzene rings is 2. The van der Waals surface area contributed by atoms with Crippen LogP contribution in [0.2, 0.25) is 0 Å². The first kappa shape index (κ1) is 20.4. The van der Waals surface area contributed by atoms with Gasteiger partial charge in [0.25, 0.3) is 0 Å². The zero-order valence-electron chi connectivity index (χ0n) is 16.3. The topological polar surface area (TPSA) is 52.7 Å². The third-order valence-corrected chi connectivity index (χ3v) is 5.59. The van der Waals surface area contributed by atoms with E-state index >= 15 is 0 Å². The van der Waals surface area contributed by atoms with Gasteiger partial charge in [-0.05, 0) is 49.1 Å². The predicted octanol–water partition coefficient (Wildman–Crippen LogP) is 4.84. The summed E-state index contributed by atoms with van der Waals surface area (Å²) in [7, 11) is 0. The van der Waals surface area contributed by atoms with Crippen molar-refractivity contribution in [1.29, 1.82) is 0 Å². The molecule has 0 saturated carbocycles. The molecule has 0 fully saturated rings. The van der Waals surface area contributed by atoms with Gasteiger partial charge in [0.05, 0.1) is 6.04 Å². The Hall–Kier alpha value is -2.34. The fourth-order valence-corrected chi connectivity index (χ4v) is 4.06. The Labute approximate surface area is 174 Å². The Morgan fingerprint density at radius 1 is 1.21 bits per heavy atom. The second-order valence-electron chi connectivity index (χ2n) is 7.07. The summed E-state index contributed by atoms with van der Waals surface area (Å²) in [5.41, 5.74) is 3.20. The number of urea groups is 1. The largest absolute Gasteiger partial charge is 0.334 e. The van der Waals surface area contributed by atoms with Gasteiger partial charge in [0, 0.05) is 23.2 Å². The van der Waals surface area contributed by atoms with Crippen LogP contribution >= 0.6 is 15.9 Å². The third kappa shape index (κ3) is 4.73. The Morgan fingerprint density at radius 3 is 2.75 bits per heavy atom. The number of halogens is 1. The first-order valence-corrected chi connectivity index (χ1v) is 10.5. The highest BCUT2D eigenvalue weighted by molar-refractivity contribution is 9.10. The molecule has 6 heteroatoms. The van der Waals surface area contributed by atoms with Crippen molar-refractivity contribution >= 4 is 33.6 Å². The summed E-state index contributed by atoms with van der Waals surface area (Å²) >= 11 is 3.41. The van der Waals surface area contributed by atoms with E-state index in [0.29, 0.717) is 18.8 Å². The van der Waals surface area contributed by atoms with Crippen molar-refractivity contribution in [1.82, 2.24) is 9.80 Å². The monoisotopic (exact) mass is 443 g/mol. The molecule has 0 aromatic heterocycles. The number of nitrogens with zero attached hydrogens (tertiary/aromatic N) is 2. The van der Waals surface area contributed by atoms with Crippen LogP contribution in [0.5, 0.6) is 0 Å². The van der Waals surface area contributed by atoms with E-state index in [1.807, 2.05) is 48.2 Å². The van der Waals surface area contributed by atoms with E-state index < -0.39 is 0 Å². The zero-order chi connectivity index (χ0) is 20.1. The van der Waals surface area contributed by atoms with Crippen LogP contribution in [0.4, 0.5) is 10.5 Å². The molecule has 2 aromatic rings. The Kier molecular flexibility index (Phi) is 6.73. The lowest BCUT2D eigenvalue weighted by atomic mass is 9.93. The molecule has 148 valence electrons. The molecule has 1 heterocycles. The fourth-order valence-electron chi connectivity index (χ4n) is 3.66. The van der Waals surface area contributed by atoms with Crippen molar-refractivity contribution in [2.75, 3.05) is 25.0 Å². The maximum Gasteiger partial charge on any atom is 0.322 e. The molecule has 1 aliphatic rings. The van der Waals surface area contributed by atoms with Gasteiger partial charge in [0.15, 0.2) is 0 Å². The molecule has 0 radical (unpaired) electrons. The summed E-state index contributed by atoms with van der Waals surface area (Å²) in [5.74, 6) is -0.0140. The number of hydrogen-bond acceptors (Lipinski definition) is 2. The highest BCUT2D eigenvalue weighted by Crippen LogP contribution is 2.29. The zero-order valence-corrected chi connectivity index (χ0v) is 17.9. The fraction of sp³-hybridized carbons (Fsp3) is 0.364. The van der Waals surface area contributed by atoms with E-state index in [0.717, 1.165) is 17.3 Å². The van der Waals surface area contributed by atoms with E-state index in [-0.39, 0.29) is 24.5 Å². The Balaban J connectivity index is 1.68. The van der Waals surface area contributed by atoms with Crippen LogP contribution in [-0.2, 0) is 11.2 Å². The number of amides is 3. The van der Waals surface area contributed by atoms with Crippen LogP contribution in [0, 0.1) is 0 Å². The van der Waals surface area contributed by atoms with Gasteiger partial charge in [-0.25, -0.2) is 4.79 Å².